The van der Waals surface area contributed by atoms with Gasteiger partial charge in [0.15, 0.2) is 0 Å². The normalized spacial score (nSPS) is 12.6. The Morgan fingerprint density at radius 3 is 2.89 bits per heavy atom. The van der Waals surface area contributed by atoms with Gasteiger partial charge in [-0.3, -0.25) is 0 Å². The SMILES string of the molecule is CCNCc1cncn1C(C)c1ccc(C)c(F)c1. The molecule has 4 heteroatoms. The van der Waals surface area contributed by atoms with Crippen LogP contribution in [0.3, 0.4) is 0 Å². The largest absolute Gasteiger partial charge is 0.326 e. The molecule has 0 fully saturated rings. The minimum atomic E-state index is -0.155. The van der Waals surface area contributed by atoms with E-state index in [2.05, 4.69) is 28.7 Å². The smallest absolute Gasteiger partial charge is 0.126 e. The first kappa shape index (κ1) is 13.7. The van der Waals surface area contributed by atoms with Gasteiger partial charge in [-0.05, 0) is 37.6 Å². The topological polar surface area (TPSA) is 29.9 Å². The summed E-state index contributed by atoms with van der Waals surface area (Å²) in [5, 5.41) is 3.28. The molecule has 1 heterocycles. The molecule has 3 nitrogen and oxygen atoms in total. The van der Waals surface area contributed by atoms with Crippen molar-refractivity contribution in [2.45, 2.75) is 33.4 Å². The van der Waals surface area contributed by atoms with E-state index in [-0.39, 0.29) is 11.9 Å². The molecule has 0 aliphatic rings. The lowest BCUT2D eigenvalue weighted by Gasteiger charge is -2.17. The van der Waals surface area contributed by atoms with Gasteiger partial charge in [0.1, 0.15) is 5.82 Å². The van der Waals surface area contributed by atoms with E-state index in [1.165, 1.54) is 0 Å². The van der Waals surface area contributed by atoms with Crippen molar-refractivity contribution >= 4 is 0 Å². The summed E-state index contributed by atoms with van der Waals surface area (Å²) in [6, 6.07) is 5.48. The molecule has 0 saturated carbocycles. The summed E-state index contributed by atoms with van der Waals surface area (Å²) in [7, 11) is 0. The summed E-state index contributed by atoms with van der Waals surface area (Å²) < 4.78 is 15.7. The predicted octanol–water partition coefficient (Wildman–Crippen LogP) is 3.05. The van der Waals surface area contributed by atoms with Crippen LogP contribution in [0.5, 0.6) is 0 Å². The van der Waals surface area contributed by atoms with Gasteiger partial charge >= 0.3 is 0 Å². The average Bonchev–Trinajstić information content (AvgIpc) is 2.87. The zero-order chi connectivity index (χ0) is 13.8. The van der Waals surface area contributed by atoms with Crippen molar-refractivity contribution in [2.24, 2.45) is 0 Å². The molecule has 0 radical (unpaired) electrons. The van der Waals surface area contributed by atoms with Gasteiger partial charge < -0.3 is 9.88 Å². The van der Waals surface area contributed by atoms with E-state index in [0.29, 0.717) is 5.56 Å². The minimum absolute atomic E-state index is 0.0752. The first-order chi connectivity index (χ1) is 9.13. The van der Waals surface area contributed by atoms with Gasteiger partial charge in [0.05, 0.1) is 18.1 Å². The number of aryl methyl sites for hydroxylation is 1. The monoisotopic (exact) mass is 261 g/mol. The van der Waals surface area contributed by atoms with Crippen molar-refractivity contribution in [3.05, 3.63) is 53.4 Å². The molecule has 1 atom stereocenters. The molecule has 0 bridgehead atoms. The molecule has 1 aromatic heterocycles. The third kappa shape index (κ3) is 3.01. The van der Waals surface area contributed by atoms with Gasteiger partial charge in [-0.1, -0.05) is 19.1 Å². The van der Waals surface area contributed by atoms with Crippen molar-refractivity contribution in [3.63, 3.8) is 0 Å². The van der Waals surface area contributed by atoms with Crippen LogP contribution in [0, 0.1) is 12.7 Å². The van der Waals surface area contributed by atoms with Gasteiger partial charge in [0.2, 0.25) is 0 Å². The summed E-state index contributed by atoms with van der Waals surface area (Å²) in [5.74, 6) is -0.155. The molecule has 0 aliphatic carbocycles. The molecule has 2 aromatic rings. The zero-order valence-corrected chi connectivity index (χ0v) is 11.7. The van der Waals surface area contributed by atoms with E-state index in [0.717, 1.165) is 24.3 Å². The molecule has 19 heavy (non-hydrogen) atoms. The highest BCUT2D eigenvalue weighted by Crippen LogP contribution is 2.21. The second-order valence-corrected chi connectivity index (χ2v) is 4.76. The number of aromatic nitrogens is 2. The standard InChI is InChI=1S/C15H20FN3/c1-4-17-8-14-9-18-10-19(14)12(3)13-6-5-11(2)15(16)7-13/h5-7,9-10,12,17H,4,8H2,1-3H3. The van der Waals surface area contributed by atoms with E-state index in [4.69, 9.17) is 0 Å². The molecule has 0 spiro atoms. The van der Waals surface area contributed by atoms with Crippen LogP contribution in [0.2, 0.25) is 0 Å². The highest BCUT2D eigenvalue weighted by Gasteiger charge is 2.12. The summed E-state index contributed by atoms with van der Waals surface area (Å²) in [5.41, 5.74) is 2.74. The predicted molar refractivity (Wildman–Crippen MR) is 74.6 cm³/mol. The third-order valence-corrected chi connectivity index (χ3v) is 3.40. The molecular formula is C15H20FN3. The fourth-order valence-electron chi connectivity index (χ4n) is 2.10. The fourth-order valence-corrected chi connectivity index (χ4v) is 2.10. The van der Waals surface area contributed by atoms with Crippen LogP contribution in [0.15, 0.2) is 30.7 Å². The second-order valence-electron chi connectivity index (χ2n) is 4.76. The van der Waals surface area contributed by atoms with Crippen molar-refractivity contribution < 1.29 is 4.39 Å². The average molecular weight is 261 g/mol. The maximum Gasteiger partial charge on any atom is 0.126 e. The molecular weight excluding hydrogens is 241 g/mol. The van der Waals surface area contributed by atoms with Crippen LogP contribution in [0.25, 0.3) is 0 Å². The Hall–Kier alpha value is -1.68. The van der Waals surface area contributed by atoms with Crippen LogP contribution in [0.1, 0.15) is 36.7 Å². The van der Waals surface area contributed by atoms with Crippen molar-refractivity contribution in [1.82, 2.24) is 14.9 Å². The van der Waals surface area contributed by atoms with Gasteiger partial charge in [-0.25, -0.2) is 9.37 Å². The molecule has 1 unspecified atom stereocenters. The van der Waals surface area contributed by atoms with Crippen molar-refractivity contribution in [1.29, 1.82) is 0 Å². The van der Waals surface area contributed by atoms with Gasteiger partial charge in [-0.15, -0.1) is 0 Å². The van der Waals surface area contributed by atoms with Crippen LogP contribution >= 0.6 is 0 Å². The Balaban J connectivity index is 2.25. The molecule has 0 amide bonds. The Bertz CT molecular complexity index is 548. The number of hydrogen-bond donors (Lipinski definition) is 1. The number of halogens is 1. The summed E-state index contributed by atoms with van der Waals surface area (Å²) >= 11 is 0. The van der Waals surface area contributed by atoms with E-state index >= 15 is 0 Å². The first-order valence-electron chi connectivity index (χ1n) is 6.61. The Labute approximate surface area is 113 Å². The maximum atomic E-state index is 13.6. The van der Waals surface area contributed by atoms with E-state index in [1.54, 1.807) is 19.3 Å². The number of hydrogen-bond acceptors (Lipinski definition) is 2. The summed E-state index contributed by atoms with van der Waals surface area (Å²) in [6.45, 7) is 7.59. The maximum absolute atomic E-state index is 13.6. The Morgan fingerprint density at radius 2 is 2.21 bits per heavy atom. The lowest BCUT2D eigenvalue weighted by molar-refractivity contribution is 0.571. The van der Waals surface area contributed by atoms with Crippen LogP contribution in [0.4, 0.5) is 4.39 Å². The second kappa shape index (κ2) is 5.97. The quantitative estimate of drug-likeness (QED) is 0.896. The summed E-state index contributed by atoms with van der Waals surface area (Å²) in [4.78, 5) is 4.19. The third-order valence-electron chi connectivity index (χ3n) is 3.40. The molecule has 2 rings (SSSR count). The first-order valence-corrected chi connectivity index (χ1v) is 6.61. The molecule has 1 N–H and O–H groups in total. The molecule has 1 aromatic carbocycles. The van der Waals surface area contributed by atoms with Crippen molar-refractivity contribution in [3.8, 4) is 0 Å². The van der Waals surface area contributed by atoms with Gasteiger partial charge in [0.25, 0.3) is 0 Å². The highest BCUT2D eigenvalue weighted by molar-refractivity contribution is 5.26. The molecule has 102 valence electrons. The van der Waals surface area contributed by atoms with Crippen LogP contribution in [-0.2, 0) is 6.54 Å². The lowest BCUT2D eigenvalue weighted by atomic mass is 10.1. The van der Waals surface area contributed by atoms with Crippen LogP contribution < -0.4 is 5.32 Å². The van der Waals surface area contributed by atoms with E-state index in [1.807, 2.05) is 18.3 Å². The van der Waals surface area contributed by atoms with E-state index in [9.17, 15) is 4.39 Å². The van der Waals surface area contributed by atoms with E-state index < -0.39 is 0 Å². The fraction of sp³-hybridized carbons (Fsp3) is 0.400. The number of benzene rings is 1. The van der Waals surface area contributed by atoms with Gasteiger partial charge in [-0.2, -0.15) is 0 Å². The number of nitrogens with zero attached hydrogens (tertiary/aromatic N) is 2. The molecule has 0 saturated heterocycles. The highest BCUT2D eigenvalue weighted by atomic mass is 19.1. The zero-order valence-electron chi connectivity index (χ0n) is 11.7. The number of imidazole rings is 1. The lowest BCUT2D eigenvalue weighted by Crippen LogP contribution is -2.17. The van der Waals surface area contributed by atoms with Gasteiger partial charge in [0, 0.05) is 12.7 Å². The number of rotatable bonds is 5. The molecule has 0 aliphatic heterocycles. The minimum Gasteiger partial charge on any atom is -0.326 e. The summed E-state index contributed by atoms with van der Waals surface area (Å²) in [6.07, 6.45) is 3.65. The Kier molecular flexibility index (Phi) is 4.32. The number of nitrogens with one attached hydrogen (secondary N) is 1. The van der Waals surface area contributed by atoms with Crippen LogP contribution in [-0.4, -0.2) is 16.1 Å². The Morgan fingerprint density at radius 1 is 1.42 bits per heavy atom. The van der Waals surface area contributed by atoms with Crippen molar-refractivity contribution in [2.75, 3.05) is 6.54 Å².